The summed E-state index contributed by atoms with van der Waals surface area (Å²) in [6.45, 7) is 5.91. The van der Waals surface area contributed by atoms with Gasteiger partial charge in [0.25, 0.3) is 0 Å². The molecule has 3 rings (SSSR count). The standard InChI is InChI=1S/C15H21NO2/c1-13-17-12-15(18-13)8-5-9-16(11-15)10-14-6-3-2-4-7-14/h2-4,6-7,13H,5,8-12H2,1H3/t13-,15+/m1/s1. The highest BCUT2D eigenvalue weighted by Crippen LogP contribution is 2.32. The molecule has 0 aromatic heterocycles. The Morgan fingerprint density at radius 1 is 1.33 bits per heavy atom. The highest BCUT2D eigenvalue weighted by Gasteiger charge is 2.42. The van der Waals surface area contributed by atoms with Crippen LogP contribution >= 0.6 is 0 Å². The molecular weight excluding hydrogens is 226 g/mol. The summed E-state index contributed by atoms with van der Waals surface area (Å²) in [4.78, 5) is 2.49. The second-order valence-electron chi connectivity index (χ2n) is 5.48. The van der Waals surface area contributed by atoms with Crippen LogP contribution in [0, 0.1) is 0 Å². The molecule has 0 amide bonds. The van der Waals surface area contributed by atoms with E-state index in [0.29, 0.717) is 0 Å². The summed E-state index contributed by atoms with van der Waals surface area (Å²) < 4.78 is 11.6. The number of rotatable bonds is 2. The van der Waals surface area contributed by atoms with Gasteiger partial charge in [0.2, 0.25) is 0 Å². The molecule has 0 bridgehead atoms. The molecule has 3 nitrogen and oxygen atoms in total. The normalized spacial score (nSPS) is 33.1. The monoisotopic (exact) mass is 247 g/mol. The Hall–Kier alpha value is -0.900. The van der Waals surface area contributed by atoms with E-state index in [1.807, 2.05) is 6.92 Å². The maximum atomic E-state index is 5.99. The first-order chi connectivity index (χ1) is 8.76. The quantitative estimate of drug-likeness (QED) is 0.801. The van der Waals surface area contributed by atoms with Gasteiger partial charge >= 0.3 is 0 Å². The van der Waals surface area contributed by atoms with E-state index in [9.17, 15) is 0 Å². The average Bonchev–Trinajstić information content (AvgIpc) is 2.72. The van der Waals surface area contributed by atoms with Gasteiger partial charge in [0, 0.05) is 13.1 Å². The molecule has 2 fully saturated rings. The Morgan fingerprint density at radius 3 is 2.89 bits per heavy atom. The van der Waals surface area contributed by atoms with Crippen molar-refractivity contribution < 1.29 is 9.47 Å². The molecule has 1 spiro atoms. The molecular formula is C15H21NO2. The molecule has 2 atom stereocenters. The summed E-state index contributed by atoms with van der Waals surface area (Å²) in [5, 5.41) is 0. The summed E-state index contributed by atoms with van der Waals surface area (Å²) >= 11 is 0. The summed E-state index contributed by atoms with van der Waals surface area (Å²) in [5.74, 6) is 0. The molecule has 0 saturated carbocycles. The van der Waals surface area contributed by atoms with Gasteiger partial charge in [-0.1, -0.05) is 30.3 Å². The van der Waals surface area contributed by atoms with Crippen molar-refractivity contribution in [1.82, 2.24) is 4.90 Å². The first-order valence-electron chi connectivity index (χ1n) is 6.82. The lowest BCUT2D eigenvalue weighted by Gasteiger charge is -2.38. The van der Waals surface area contributed by atoms with Gasteiger partial charge in [0.05, 0.1) is 6.61 Å². The van der Waals surface area contributed by atoms with E-state index in [4.69, 9.17) is 9.47 Å². The van der Waals surface area contributed by atoms with Crippen molar-refractivity contribution in [1.29, 1.82) is 0 Å². The van der Waals surface area contributed by atoms with Crippen LogP contribution in [-0.2, 0) is 16.0 Å². The van der Waals surface area contributed by atoms with E-state index in [1.54, 1.807) is 0 Å². The lowest BCUT2D eigenvalue weighted by atomic mass is 9.93. The second kappa shape index (κ2) is 5.00. The number of likely N-dealkylation sites (tertiary alicyclic amines) is 1. The SMILES string of the molecule is C[C@@H]1OC[C@@]2(CCCN(Cc3ccccc3)C2)O1. The fourth-order valence-electron chi connectivity index (χ4n) is 3.07. The lowest BCUT2D eigenvalue weighted by Crippen LogP contribution is -2.49. The topological polar surface area (TPSA) is 21.7 Å². The third-order valence-electron chi connectivity index (χ3n) is 3.86. The average molecular weight is 247 g/mol. The molecule has 1 aromatic carbocycles. The third kappa shape index (κ3) is 2.58. The van der Waals surface area contributed by atoms with Gasteiger partial charge in [-0.2, -0.15) is 0 Å². The van der Waals surface area contributed by atoms with Crippen LogP contribution < -0.4 is 0 Å². The summed E-state index contributed by atoms with van der Waals surface area (Å²) in [5.41, 5.74) is 1.33. The van der Waals surface area contributed by atoms with Crippen molar-refractivity contribution in [2.24, 2.45) is 0 Å². The number of hydrogen-bond acceptors (Lipinski definition) is 3. The molecule has 0 radical (unpaired) electrons. The molecule has 3 heteroatoms. The Bertz CT molecular complexity index is 391. The van der Waals surface area contributed by atoms with Crippen LogP contribution in [0.15, 0.2) is 30.3 Å². The van der Waals surface area contributed by atoms with Gasteiger partial charge < -0.3 is 9.47 Å². The van der Waals surface area contributed by atoms with Crippen molar-refractivity contribution in [3.8, 4) is 0 Å². The molecule has 1 aromatic rings. The third-order valence-corrected chi connectivity index (χ3v) is 3.86. The summed E-state index contributed by atoms with van der Waals surface area (Å²) in [7, 11) is 0. The van der Waals surface area contributed by atoms with Gasteiger partial charge in [-0.05, 0) is 31.9 Å². The molecule has 18 heavy (non-hydrogen) atoms. The molecule has 2 aliphatic heterocycles. The van der Waals surface area contributed by atoms with Crippen LogP contribution in [0.1, 0.15) is 25.3 Å². The van der Waals surface area contributed by atoms with Crippen molar-refractivity contribution in [2.45, 2.75) is 38.2 Å². The van der Waals surface area contributed by atoms with E-state index < -0.39 is 0 Å². The molecule has 2 aliphatic rings. The largest absolute Gasteiger partial charge is 0.350 e. The minimum absolute atomic E-state index is 0.0401. The maximum absolute atomic E-state index is 5.99. The summed E-state index contributed by atoms with van der Waals surface area (Å²) in [6, 6.07) is 10.7. The Kier molecular flexibility index (Phi) is 3.37. The molecule has 0 unspecified atom stereocenters. The fourth-order valence-corrected chi connectivity index (χ4v) is 3.07. The van der Waals surface area contributed by atoms with Crippen molar-refractivity contribution in [3.05, 3.63) is 35.9 Å². The maximum Gasteiger partial charge on any atom is 0.155 e. The molecule has 2 saturated heterocycles. The fraction of sp³-hybridized carbons (Fsp3) is 0.600. The van der Waals surface area contributed by atoms with E-state index in [0.717, 1.165) is 32.7 Å². The highest BCUT2D eigenvalue weighted by atomic mass is 16.7. The zero-order valence-corrected chi connectivity index (χ0v) is 11.0. The molecule has 2 heterocycles. The summed E-state index contributed by atoms with van der Waals surface area (Å²) in [6.07, 6.45) is 2.28. The molecule has 98 valence electrons. The van der Waals surface area contributed by atoms with Gasteiger partial charge in [-0.15, -0.1) is 0 Å². The second-order valence-corrected chi connectivity index (χ2v) is 5.48. The minimum atomic E-state index is -0.0492. The predicted octanol–water partition coefficient (Wildman–Crippen LogP) is 2.41. The Balaban J connectivity index is 1.64. The predicted molar refractivity (Wildman–Crippen MR) is 70.2 cm³/mol. The smallest absolute Gasteiger partial charge is 0.155 e. The van der Waals surface area contributed by atoms with Gasteiger partial charge in [0.1, 0.15) is 5.60 Å². The van der Waals surface area contributed by atoms with Crippen molar-refractivity contribution >= 4 is 0 Å². The first kappa shape index (κ1) is 12.2. The molecule has 0 N–H and O–H groups in total. The van der Waals surface area contributed by atoms with Crippen LogP contribution in [0.4, 0.5) is 0 Å². The number of nitrogens with zero attached hydrogens (tertiary/aromatic N) is 1. The minimum Gasteiger partial charge on any atom is -0.350 e. The van der Waals surface area contributed by atoms with Crippen LogP contribution in [0.25, 0.3) is 0 Å². The van der Waals surface area contributed by atoms with E-state index in [2.05, 4.69) is 35.2 Å². The van der Waals surface area contributed by atoms with Gasteiger partial charge in [-0.25, -0.2) is 0 Å². The first-order valence-corrected chi connectivity index (χ1v) is 6.82. The molecule has 0 aliphatic carbocycles. The van der Waals surface area contributed by atoms with Crippen molar-refractivity contribution in [2.75, 3.05) is 19.7 Å². The van der Waals surface area contributed by atoms with E-state index in [1.165, 1.54) is 12.0 Å². The van der Waals surface area contributed by atoms with Crippen LogP contribution in [0.3, 0.4) is 0 Å². The van der Waals surface area contributed by atoms with Crippen LogP contribution in [-0.4, -0.2) is 36.5 Å². The highest BCUT2D eigenvalue weighted by molar-refractivity contribution is 5.14. The van der Waals surface area contributed by atoms with E-state index >= 15 is 0 Å². The van der Waals surface area contributed by atoms with Crippen molar-refractivity contribution in [3.63, 3.8) is 0 Å². The van der Waals surface area contributed by atoms with Crippen LogP contribution in [0.2, 0.25) is 0 Å². The van der Waals surface area contributed by atoms with Gasteiger partial charge in [0.15, 0.2) is 6.29 Å². The zero-order valence-electron chi connectivity index (χ0n) is 11.0. The van der Waals surface area contributed by atoms with Crippen LogP contribution in [0.5, 0.6) is 0 Å². The lowest BCUT2D eigenvalue weighted by molar-refractivity contribution is -0.100. The zero-order chi connectivity index (χ0) is 12.4. The van der Waals surface area contributed by atoms with Gasteiger partial charge in [-0.3, -0.25) is 4.90 Å². The van der Waals surface area contributed by atoms with E-state index in [-0.39, 0.29) is 11.9 Å². The number of benzene rings is 1. The Morgan fingerprint density at radius 2 is 2.17 bits per heavy atom. The number of piperidine rings is 1. The number of ether oxygens (including phenoxy) is 2. The Labute approximate surface area is 109 Å². The number of hydrogen-bond donors (Lipinski definition) is 0.